The summed E-state index contributed by atoms with van der Waals surface area (Å²) in [5.41, 5.74) is 1.20. The van der Waals surface area contributed by atoms with E-state index in [-0.39, 0.29) is 23.7 Å². The van der Waals surface area contributed by atoms with Gasteiger partial charge in [-0.25, -0.2) is 4.79 Å². The molecule has 0 radical (unpaired) electrons. The van der Waals surface area contributed by atoms with Gasteiger partial charge in [0.2, 0.25) is 0 Å². The second-order valence-electron chi connectivity index (χ2n) is 7.74. The van der Waals surface area contributed by atoms with Crippen LogP contribution in [0, 0.1) is 11.3 Å². The summed E-state index contributed by atoms with van der Waals surface area (Å²) in [7, 11) is -1.39. The molecule has 31 heavy (non-hydrogen) atoms. The lowest BCUT2D eigenvalue weighted by atomic mass is 9.99. The molecule has 0 amide bonds. The number of furan rings is 1. The van der Waals surface area contributed by atoms with Crippen molar-refractivity contribution in [3.63, 3.8) is 0 Å². The minimum Gasteiger partial charge on any atom is -0.477 e. The summed E-state index contributed by atoms with van der Waals surface area (Å²) in [5.74, 6) is -0.307. The van der Waals surface area contributed by atoms with Gasteiger partial charge in [0, 0.05) is 16.0 Å². The number of hydrogen-bond donors (Lipinski definition) is 0. The van der Waals surface area contributed by atoms with E-state index in [9.17, 15) is 9.00 Å². The van der Waals surface area contributed by atoms with Gasteiger partial charge in [-0.2, -0.15) is 5.26 Å². The average molecular weight is 438 g/mol. The third kappa shape index (κ3) is 5.62. The minimum absolute atomic E-state index is 0.0904. The second-order valence-corrected chi connectivity index (χ2v) is 9.19. The molecule has 0 saturated heterocycles. The number of rotatable bonds is 7. The molecule has 0 fully saturated rings. The van der Waals surface area contributed by atoms with Crippen LogP contribution in [0.1, 0.15) is 36.7 Å². The molecule has 1 heterocycles. The number of carbonyl (C=O) groups is 1. The highest BCUT2D eigenvalue weighted by atomic mass is 32.2. The van der Waals surface area contributed by atoms with Crippen LogP contribution in [-0.4, -0.2) is 22.4 Å². The van der Waals surface area contributed by atoms with Crippen LogP contribution >= 0.6 is 0 Å². The fourth-order valence-corrected chi connectivity index (χ4v) is 4.14. The van der Waals surface area contributed by atoms with Crippen molar-refractivity contribution in [3.8, 4) is 22.9 Å². The Kier molecular flexibility index (Phi) is 6.93. The molecule has 0 N–H and O–H groups in total. The van der Waals surface area contributed by atoms with Crippen molar-refractivity contribution >= 4 is 16.8 Å². The predicted octanol–water partition coefficient (Wildman–Crippen LogP) is 5.11. The summed E-state index contributed by atoms with van der Waals surface area (Å²) < 4.78 is 29.5. The number of hydrogen-bond acceptors (Lipinski definition) is 6. The number of nitriles is 1. The van der Waals surface area contributed by atoms with Crippen molar-refractivity contribution in [2.75, 3.05) is 6.61 Å². The van der Waals surface area contributed by atoms with E-state index in [0.29, 0.717) is 21.6 Å². The number of ether oxygens (including phenoxy) is 2. The fourth-order valence-electron chi connectivity index (χ4n) is 2.99. The van der Waals surface area contributed by atoms with Gasteiger partial charge in [0.25, 0.3) is 0 Å². The van der Waals surface area contributed by atoms with Gasteiger partial charge in [-0.3, -0.25) is 4.21 Å². The van der Waals surface area contributed by atoms with Gasteiger partial charge in [0.05, 0.1) is 29.1 Å². The van der Waals surface area contributed by atoms with Crippen LogP contribution < -0.4 is 4.74 Å². The van der Waals surface area contributed by atoms with Crippen LogP contribution in [0.5, 0.6) is 5.75 Å². The maximum Gasteiger partial charge on any atom is 0.342 e. The first-order chi connectivity index (χ1) is 14.8. The molecule has 0 aliphatic rings. The molecule has 3 aromatic rings. The minimum atomic E-state index is -1.39. The second kappa shape index (κ2) is 9.63. The molecule has 1 unspecified atom stereocenters. The van der Waals surface area contributed by atoms with Crippen LogP contribution in [0.15, 0.2) is 70.4 Å². The Balaban J connectivity index is 2.13. The van der Waals surface area contributed by atoms with E-state index in [2.05, 4.69) is 0 Å². The van der Waals surface area contributed by atoms with Gasteiger partial charge in [0.1, 0.15) is 23.0 Å². The van der Waals surface area contributed by atoms with Crippen LogP contribution in [0.2, 0.25) is 0 Å². The first-order valence-electron chi connectivity index (χ1n) is 9.65. The summed E-state index contributed by atoms with van der Waals surface area (Å²) >= 11 is 0. The normalized spacial score (nSPS) is 12.1. The lowest BCUT2D eigenvalue weighted by Crippen LogP contribution is -2.25. The molecule has 6 nitrogen and oxygen atoms in total. The zero-order chi connectivity index (χ0) is 22.4. The smallest absolute Gasteiger partial charge is 0.342 e. The van der Waals surface area contributed by atoms with Crippen molar-refractivity contribution in [1.29, 1.82) is 5.26 Å². The molecule has 3 rings (SSSR count). The quantitative estimate of drug-likeness (QED) is 0.477. The third-order valence-electron chi connectivity index (χ3n) is 4.25. The van der Waals surface area contributed by atoms with E-state index in [0.717, 1.165) is 0 Å². The number of esters is 1. The zero-order valence-corrected chi connectivity index (χ0v) is 18.4. The highest BCUT2D eigenvalue weighted by Gasteiger charge is 2.28. The predicted molar refractivity (Wildman–Crippen MR) is 117 cm³/mol. The van der Waals surface area contributed by atoms with Crippen molar-refractivity contribution in [3.05, 3.63) is 72.2 Å². The van der Waals surface area contributed by atoms with E-state index in [1.807, 2.05) is 24.3 Å². The maximum absolute atomic E-state index is 13.2. The standard InChI is InChI=1S/C24H23NO5S/c1-24(2,3)30-23(26)21-18(16-31(27)19-7-5-4-6-8-19)9-10-20(17-11-13-28-15-17)22(21)29-14-12-25/h4-11,13,15H,14,16H2,1-3H3. The summed E-state index contributed by atoms with van der Waals surface area (Å²) in [4.78, 5) is 13.8. The Labute approximate surface area is 183 Å². The molecule has 2 aromatic carbocycles. The van der Waals surface area contributed by atoms with Gasteiger partial charge in [-0.05, 0) is 44.5 Å². The molecule has 0 saturated carbocycles. The lowest BCUT2D eigenvalue weighted by molar-refractivity contribution is 0.00653. The van der Waals surface area contributed by atoms with Crippen molar-refractivity contribution in [1.82, 2.24) is 0 Å². The zero-order valence-electron chi connectivity index (χ0n) is 17.6. The Morgan fingerprint density at radius 2 is 1.87 bits per heavy atom. The SMILES string of the molecule is CC(C)(C)OC(=O)c1c(CS(=O)c2ccccc2)ccc(-c2ccoc2)c1OCC#N. The molecule has 0 aliphatic heterocycles. The summed E-state index contributed by atoms with van der Waals surface area (Å²) in [6.45, 7) is 5.04. The number of nitrogens with zero attached hydrogens (tertiary/aromatic N) is 1. The molecule has 0 spiro atoms. The van der Waals surface area contributed by atoms with Gasteiger partial charge >= 0.3 is 5.97 Å². The monoisotopic (exact) mass is 437 g/mol. The first-order valence-corrected chi connectivity index (χ1v) is 11.0. The number of benzene rings is 2. The van der Waals surface area contributed by atoms with E-state index in [1.165, 1.54) is 12.5 Å². The molecule has 160 valence electrons. The Morgan fingerprint density at radius 3 is 2.48 bits per heavy atom. The van der Waals surface area contributed by atoms with Gasteiger partial charge in [-0.15, -0.1) is 0 Å². The summed E-state index contributed by atoms with van der Waals surface area (Å²) in [6.07, 6.45) is 3.03. The van der Waals surface area contributed by atoms with Crippen LogP contribution in [0.4, 0.5) is 0 Å². The highest BCUT2D eigenvalue weighted by molar-refractivity contribution is 7.84. The van der Waals surface area contributed by atoms with Crippen LogP contribution in [0.25, 0.3) is 11.1 Å². The van der Waals surface area contributed by atoms with Crippen molar-refractivity contribution in [2.45, 2.75) is 37.0 Å². The van der Waals surface area contributed by atoms with Crippen molar-refractivity contribution in [2.24, 2.45) is 0 Å². The topological polar surface area (TPSA) is 89.5 Å². The Morgan fingerprint density at radius 1 is 1.13 bits per heavy atom. The maximum atomic E-state index is 13.2. The Bertz CT molecular complexity index is 1110. The van der Waals surface area contributed by atoms with Gasteiger partial charge in [0.15, 0.2) is 6.61 Å². The molecular weight excluding hydrogens is 414 g/mol. The molecule has 0 bridgehead atoms. The largest absolute Gasteiger partial charge is 0.477 e. The molecule has 0 aliphatic carbocycles. The van der Waals surface area contributed by atoms with Crippen LogP contribution in [-0.2, 0) is 21.3 Å². The Hall–Kier alpha value is -3.37. The van der Waals surface area contributed by atoms with Gasteiger partial charge in [-0.1, -0.05) is 30.3 Å². The number of carbonyl (C=O) groups excluding carboxylic acids is 1. The van der Waals surface area contributed by atoms with Crippen LogP contribution in [0.3, 0.4) is 0 Å². The average Bonchev–Trinajstić information content (AvgIpc) is 3.26. The molecule has 7 heteroatoms. The first kappa shape index (κ1) is 22.3. The summed E-state index contributed by atoms with van der Waals surface area (Å²) in [6, 6.07) is 16.2. The third-order valence-corrected chi connectivity index (χ3v) is 5.62. The van der Waals surface area contributed by atoms with E-state index >= 15 is 0 Å². The lowest BCUT2D eigenvalue weighted by Gasteiger charge is -2.23. The highest BCUT2D eigenvalue weighted by Crippen LogP contribution is 2.37. The van der Waals surface area contributed by atoms with E-state index in [4.69, 9.17) is 19.2 Å². The van der Waals surface area contributed by atoms with Gasteiger partial charge < -0.3 is 13.9 Å². The molecule has 1 aromatic heterocycles. The fraction of sp³-hybridized carbons (Fsp3) is 0.250. The van der Waals surface area contributed by atoms with E-state index in [1.54, 1.807) is 51.1 Å². The van der Waals surface area contributed by atoms with E-state index < -0.39 is 22.4 Å². The van der Waals surface area contributed by atoms with Crippen molar-refractivity contribution < 1.29 is 22.9 Å². The molecular formula is C24H23NO5S. The molecule has 1 atom stereocenters. The summed E-state index contributed by atoms with van der Waals surface area (Å²) in [5, 5.41) is 9.07.